The zero-order valence-electron chi connectivity index (χ0n) is 12.5. The summed E-state index contributed by atoms with van der Waals surface area (Å²) in [5.41, 5.74) is 12.1. The third-order valence-electron chi connectivity index (χ3n) is 3.25. The summed E-state index contributed by atoms with van der Waals surface area (Å²) < 4.78 is 51.1. The van der Waals surface area contributed by atoms with Gasteiger partial charge in [0, 0.05) is 24.5 Å². The highest BCUT2D eigenvalue weighted by Crippen LogP contribution is 2.30. The molecule has 0 amide bonds. The van der Waals surface area contributed by atoms with Crippen molar-refractivity contribution in [3.8, 4) is 0 Å². The maximum Gasteiger partial charge on any atom is 0.416 e. The summed E-state index contributed by atoms with van der Waals surface area (Å²) in [6.07, 6.45) is -1.80. The highest BCUT2D eigenvalue weighted by molar-refractivity contribution is 6.10. The molecule has 2 aromatic rings. The number of hydrogen-bond acceptors (Lipinski definition) is 3. The van der Waals surface area contributed by atoms with Crippen LogP contribution < -0.4 is 11.5 Å². The molecule has 0 radical (unpaired) electrons. The normalized spacial score (nSPS) is 12.8. The predicted molar refractivity (Wildman–Crippen MR) is 86.1 cm³/mol. The second kappa shape index (κ2) is 7.27. The summed E-state index contributed by atoms with van der Waals surface area (Å²) in [5, 5.41) is 0. The number of benzene rings is 2. The Hall–Kier alpha value is -2.67. The predicted octanol–water partition coefficient (Wildman–Crippen LogP) is 4.01. The Labute approximate surface area is 136 Å². The van der Waals surface area contributed by atoms with E-state index >= 15 is 0 Å². The van der Waals surface area contributed by atoms with Crippen LogP contribution in [0.5, 0.6) is 0 Å². The summed E-state index contributed by atoms with van der Waals surface area (Å²) in [6.45, 7) is 0.165. The molecule has 0 unspecified atom stereocenters. The van der Waals surface area contributed by atoms with Gasteiger partial charge in [-0.25, -0.2) is 4.39 Å². The number of allylic oxidation sites excluding steroid dienone is 1. The number of aliphatic imine (C=N–C) groups is 1. The zero-order valence-corrected chi connectivity index (χ0v) is 12.5. The summed E-state index contributed by atoms with van der Waals surface area (Å²) in [7, 11) is 0. The van der Waals surface area contributed by atoms with Crippen molar-refractivity contribution in [1.29, 1.82) is 0 Å². The number of nitrogens with two attached hydrogens (primary N) is 2. The van der Waals surface area contributed by atoms with E-state index in [1.165, 1.54) is 36.7 Å². The lowest BCUT2D eigenvalue weighted by molar-refractivity contribution is -0.137. The quantitative estimate of drug-likeness (QED) is 0.654. The molecule has 0 atom stereocenters. The van der Waals surface area contributed by atoms with Gasteiger partial charge in [-0.1, -0.05) is 0 Å². The molecule has 0 bridgehead atoms. The number of halogens is 4. The van der Waals surface area contributed by atoms with Crippen molar-refractivity contribution >= 4 is 17.5 Å². The molecular formula is C17H15F4N3. The SMILES string of the molecule is NC=C(C=Nc1ccc(C(F)(F)F)cc1)c1cc(F)cc(CN)c1. The van der Waals surface area contributed by atoms with Gasteiger partial charge in [-0.15, -0.1) is 0 Å². The van der Waals surface area contributed by atoms with Gasteiger partial charge in [0.15, 0.2) is 0 Å². The van der Waals surface area contributed by atoms with Crippen molar-refractivity contribution in [3.63, 3.8) is 0 Å². The van der Waals surface area contributed by atoms with E-state index in [2.05, 4.69) is 4.99 Å². The fourth-order valence-electron chi connectivity index (χ4n) is 2.03. The first-order valence-electron chi connectivity index (χ1n) is 6.96. The van der Waals surface area contributed by atoms with Crippen LogP contribution in [-0.2, 0) is 12.7 Å². The molecule has 2 rings (SSSR count). The largest absolute Gasteiger partial charge is 0.416 e. The highest BCUT2D eigenvalue weighted by Gasteiger charge is 2.29. The highest BCUT2D eigenvalue weighted by atomic mass is 19.4. The minimum absolute atomic E-state index is 0.165. The van der Waals surface area contributed by atoms with E-state index in [4.69, 9.17) is 11.5 Å². The minimum atomic E-state index is -4.40. The van der Waals surface area contributed by atoms with Gasteiger partial charge in [-0.3, -0.25) is 4.99 Å². The van der Waals surface area contributed by atoms with E-state index in [1.54, 1.807) is 6.07 Å². The first-order chi connectivity index (χ1) is 11.3. The first-order valence-corrected chi connectivity index (χ1v) is 6.96. The fourth-order valence-corrected chi connectivity index (χ4v) is 2.03. The maximum absolute atomic E-state index is 13.6. The molecule has 0 aliphatic heterocycles. The smallest absolute Gasteiger partial charge is 0.404 e. The van der Waals surface area contributed by atoms with E-state index in [1.807, 2.05) is 0 Å². The van der Waals surface area contributed by atoms with Gasteiger partial charge in [-0.05, 0) is 53.6 Å². The van der Waals surface area contributed by atoms with Crippen LogP contribution in [0, 0.1) is 5.82 Å². The summed E-state index contributed by atoms with van der Waals surface area (Å²) in [4.78, 5) is 4.07. The standard InChI is InChI=1S/C17H15F4N3/c18-15-6-11(8-22)5-12(7-15)13(9-23)10-24-16-3-1-14(2-4-16)17(19,20)21/h1-7,9-10H,8,22-23H2. The third kappa shape index (κ3) is 4.42. The molecule has 24 heavy (non-hydrogen) atoms. The van der Waals surface area contributed by atoms with Crippen LogP contribution in [0.3, 0.4) is 0 Å². The Morgan fingerprint density at radius 3 is 2.29 bits per heavy atom. The Morgan fingerprint density at radius 1 is 1.08 bits per heavy atom. The Balaban J connectivity index is 2.24. The average molecular weight is 337 g/mol. The zero-order chi connectivity index (χ0) is 17.7. The molecule has 0 fully saturated rings. The lowest BCUT2D eigenvalue weighted by Crippen LogP contribution is -2.03. The van der Waals surface area contributed by atoms with Crippen molar-refractivity contribution < 1.29 is 17.6 Å². The van der Waals surface area contributed by atoms with E-state index in [0.29, 0.717) is 22.4 Å². The summed E-state index contributed by atoms with van der Waals surface area (Å²) in [6, 6.07) is 8.61. The van der Waals surface area contributed by atoms with Crippen LogP contribution >= 0.6 is 0 Å². The van der Waals surface area contributed by atoms with Gasteiger partial charge in [-0.2, -0.15) is 13.2 Å². The summed E-state index contributed by atoms with van der Waals surface area (Å²) >= 11 is 0. The average Bonchev–Trinajstić information content (AvgIpc) is 2.54. The van der Waals surface area contributed by atoms with Gasteiger partial charge in [0.25, 0.3) is 0 Å². The van der Waals surface area contributed by atoms with Gasteiger partial charge >= 0.3 is 6.18 Å². The van der Waals surface area contributed by atoms with Crippen LogP contribution in [0.25, 0.3) is 5.57 Å². The van der Waals surface area contributed by atoms with E-state index < -0.39 is 17.6 Å². The monoisotopic (exact) mass is 337 g/mol. The Morgan fingerprint density at radius 2 is 1.75 bits per heavy atom. The second-order valence-electron chi connectivity index (χ2n) is 4.98. The third-order valence-corrected chi connectivity index (χ3v) is 3.25. The van der Waals surface area contributed by atoms with E-state index in [9.17, 15) is 17.6 Å². The molecule has 0 saturated carbocycles. The van der Waals surface area contributed by atoms with Crippen LogP contribution in [0.2, 0.25) is 0 Å². The maximum atomic E-state index is 13.6. The second-order valence-corrected chi connectivity index (χ2v) is 4.98. The lowest BCUT2D eigenvalue weighted by Gasteiger charge is -2.06. The van der Waals surface area contributed by atoms with Crippen molar-refractivity contribution in [2.45, 2.75) is 12.7 Å². The first kappa shape index (κ1) is 17.7. The molecule has 2 aromatic carbocycles. The van der Waals surface area contributed by atoms with Crippen molar-refractivity contribution in [1.82, 2.24) is 0 Å². The molecule has 0 aliphatic carbocycles. The number of alkyl halides is 3. The topological polar surface area (TPSA) is 64.4 Å². The number of hydrogen-bond donors (Lipinski definition) is 2. The number of rotatable bonds is 4. The fraction of sp³-hybridized carbons (Fsp3) is 0.118. The minimum Gasteiger partial charge on any atom is -0.404 e. The molecule has 4 N–H and O–H groups in total. The molecule has 0 aliphatic rings. The Kier molecular flexibility index (Phi) is 5.35. The van der Waals surface area contributed by atoms with Gasteiger partial charge in [0.05, 0.1) is 11.3 Å². The van der Waals surface area contributed by atoms with Crippen LogP contribution in [0.15, 0.2) is 53.7 Å². The molecule has 3 nitrogen and oxygen atoms in total. The van der Waals surface area contributed by atoms with Gasteiger partial charge in [0.1, 0.15) is 5.82 Å². The van der Waals surface area contributed by atoms with E-state index in [-0.39, 0.29) is 6.54 Å². The lowest BCUT2D eigenvalue weighted by atomic mass is 10.0. The molecule has 126 valence electrons. The summed E-state index contributed by atoms with van der Waals surface area (Å²) in [5.74, 6) is -0.463. The molecule has 0 aromatic heterocycles. The molecule has 7 heteroatoms. The molecule has 0 heterocycles. The van der Waals surface area contributed by atoms with Crippen LogP contribution in [0.1, 0.15) is 16.7 Å². The van der Waals surface area contributed by atoms with Gasteiger partial charge in [0.2, 0.25) is 0 Å². The van der Waals surface area contributed by atoms with Gasteiger partial charge < -0.3 is 11.5 Å². The van der Waals surface area contributed by atoms with Crippen molar-refractivity contribution in [2.75, 3.05) is 0 Å². The molecule has 0 spiro atoms. The van der Waals surface area contributed by atoms with Crippen molar-refractivity contribution in [3.05, 3.63) is 71.2 Å². The van der Waals surface area contributed by atoms with E-state index in [0.717, 1.165) is 12.1 Å². The van der Waals surface area contributed by atoms with Crippen LogP contribution in [-0.4, -0.2) is 6.21 Å². The number of nitrogens with zero attached hydrogens (tertiary/aromatic N) is 1. The van der Waals surface area contributed by atoms with Crippen LogP contribution in [0.4, 0.5) is 23.2 Å². The Bertz CT molecular complexity index is 762. The van der Waals surface area contributed by atoms with Crippen molar-refractivity contribution in [2.24, 2.45) is 16.5 Å². The molecule has 0 saturated heterocycles. The molecular weight excluding hydrogens is 322 g/mol.